The molecule has 2 atom stereocenters. The lowest BCUT2D eigenvalue weighted by Crippen LogP contribution is -2.46. The molecule has 0 amide bonds. The third-order valence-electron chi connectivity index (χ3n) is 4.25. The fraction of sp³-hybridized carbons (Fsp3) is 0.533. The number of rotatable bonds is 4. The van der Waals surface area contributed by atoms with Crippen LogP contribution in [0.25, 0.3) is 5.69 Å². The minimum atomic E-state index is 0. The van der Waals surface area contributed by atoms with Crippen molar-refractivity contribution >= 4 is 12.4 Å². The molecule has 2 aromatic rings. The number of para-hydroxylation sites is 1. The van der Waals surface area contributed by atoms with Gasteiger partial charge < -0.3 is 5.73 Å². The lowest BCUT2D eigenvalue weighted by Gasteiger charge is -2.37. The summed E-state index contributed by atoms with van der Waals surface area (Å²) in [6.07, 6.45) is 2.37. The molecule has 2 unspecified atom stereocenters. The largest absolute Gasteiger partial charge is 0.329 e. The topological polar surface area (TPSA) is 72.9 Å². The molecule has 1 fully saturated rings. The van der Waals surface area contributed by atoms with Gasteiger partial charge in [0.25, 0.3) is 0 Å². The molecule has 7 heteroatoms. The highest BCUT2D eigenvalue weighted by atomic mass is 35.5. The molecule has 0 radical (unpaired) electrons. The van der Waals surface area contributed by atoms with Gasteiger partial charge in [-0.1, -0.05) is 25.1 Å². The van der Waals surface area contributed by atoms with Gasteiger partial charge in [0.2, 0.25) is 0 Å². The van der Waals surface area contributed by atoms with Crippen LogP contribution in [0.3, 0.4) is 0 Å². The van der Waals surface area contributed by atoms with E-state index in [2.05, 4.69) is 27.3 Å². The van der Waals surface area contributed by atoms with Crippen molar-refractivity contribution in [1.29, 1.82) is 0 Å². The van der Waals surface area contributed by atoms with Crippen LogP contribution in [0.1, 0.15) is 25.6 Å². The first-order valence-electron chi connectivity index (χ1n) is 7.54. The predicted octanol–water partition coefficient (Wildman–Crippen LogP) is 1.64. The van der Waals surface area contributed by atoms with Crippen LogP contribution in [-0.4, -0.2) is 44.2 Å². The fourth-order valence-corrected chi connectivity index (χ4v) is 3.01. The number of hydrogen-bond donors (Lipinski definition) is 1. The number of nitrogens with zero attached hydrogens (tertiary/aromatic N) is 5. The predicted molar refractivity (Wildman–Crippen MR) is 88.1 cm³/mol. The van der Waals surface area contributed by atoms with Crippen LogP contribution in [0.4, 0.5) is 0 Å². The summed E-state index contributed by atoms with van der Waals surface area (Å²) in [7, 11) is 0. The molecule has 1 aromatic heterocycles. The summed E-state index contributed by atoms with van der Waals surface area (Å²) >= 11 is 0. The average Bonchev–Trinajstić information content (AvgIpc) is 2.98. The molecule has 1 aliphatic heterocycles. The van der Waals surface area contributed by atoms with Crippen LogP contribution in [0.2, 0.25) is 0 Å². The van der Waals surface area contributed by atoms with Crippen LogP contribution >= 0.6 is 12.4 Å². The van der Waals surface area contributed by atoms with Gasteiger partial charge in [-0.25, -0.2) is 0 Å². The van der Waals surface area contributed by atoms with E-state index in [0.717, 1.165) is 36.9 Å². The van der Waals surface area contributed by atoms with Crippen LogP contribution in [0.15, 0.2) is 30.3 Å². The van der Waals surface area contributed by atoms with Gasteiger partial charge in [0.1, 0.15) is 0 Å². The van der Waals surface area contributed by atoms with Gasteiger partial charge in [0.05, 0.1) is 12.2 Å². The summed E-state index contributed by atoms with van der Waals surface area (Å²) in [5.74, 6) is 1.62. The van der Waals surface area contributed by atoms with Crippen LogP contribution in [0.5, 0.6) is 0 Å². The molecule has 6 nitrogen and oxygen atoms in total. The molecular formula is C15H23ClN6. The van der Waals surface area contributed by atoms with Crippen LogP contribution in [-0.2, 0) is 6.54 Å². The second kappa shape index (κ2) is 7.67. The summed E-state index contributed by atoms with van der Waals surface area (Å²) in [6, 6.07) is 10.4. The molecule has 2 heterocycles. The Labute approximate surface area is 137 Å². The first-order chi connectivity index (χ1) is 10.3. The smallest absolute Gasteiger partial charge is 0.170 e. The number of benzene rings is 1. The van der Waals surface area contributed by atoms with Crippen molar-refractivity contribution in [3.8, 4) is 5.69 Å². The molecular weight excluding hydrogens is 300 g/mol. The second-order valence-electron chi connectivity index (χ2n) is 5.83. The zero-order valence-corrected chi connectivity index (χ0v) is 13.6. The van der Waals surface area contributed by atoms with Crippen molar-refractivity contribution in [2.75, 3.05) is 13.1 Å². The molecule has 1 aromatic carbocycles. The van der Waals surface area contributed by atoms with Crippen molar-refractivity contribution in [3.63, 3.8) is 0 Å². The van der Waals surface area contributed by atoms with E-state index >= 15 is 0 Å². The van der Waals surface area contributed by atoms with Gasteiger partial charge in [-0.2, -0.15) is 4.68 Å². The summed E-state index contributed by atoms with van der Waals surface area (Å²) in [4.78, 5) is 2.41. The Bertz CT molecular complexity index is 572. The van der Waals surface area contributed by atoms with E-state index in [0.29, 0.717) is 12.6 Å². The van der Waals surface area contributed by atoms with Gasteiger partial charge in [-0.3, -0.25) is 4.90 Å². The molecule has 120 valence electrons. The Hall–Kier alpha value is -1.50. The molecule has 3 rings (SSSR count). The van der Waals surface area contributed by atoms with Crippen molar-refractivity contribution in [1.82, 2.24) is 25.1 Å². The fourth-order valence-electron chi connectivity index (χ4n) is 3.01. The maximum absolute atomic E-state index is 5.93. The van der Waals surface area contributed by atoms with Gasteiger partial charge in [-0.05, 0) is 47.9 Å². The van der Waals surface area contributed by atoms with Gasteiger partial charge in [0, 0.05) is 12.6 Å². The Morgan fingerprint density at radius 2 is 2.05 bits per heavy atom. The van der Waals surface area contributed by atoms with Gasteiger partial charge >= 0.3 is 0 Å². The molecule has 1 saturated heterocycles. The molecule has 22 heavy (non-hydrogen) atoms. The van der Waals surface area contributed by atoms with Crippen LogP contribution < -0.4 is 5.73 Å². The summed E-state index contributed by atoms with van der Waals surface area (Å²) in [6.45, 7) is 4.80. The molecule has 0 aliphatic carbocycles. The normalized spacial score (nSPS) is 22.3. The van der Waals surface area contributed by atoms with Gasteiger partial charge in [0.15, 0.2) is 5.82 Å². The Morgan fingerprint density at radius 1 is 1.27 bits per heavy atom. The zero-order valence-electron chi connectivity index (χ0n) is 12.8. The maximum Gasteiger partial charge on any atom is 0.170 e. The maximum atomic E-state index is 5.93. The number of aromatic nitrogens is 4. The van der Waals surface area contributed by atoms with E-state index in [4.69, 9.17) is 5.73 Å². The molecule has 0 spiro atoms. The highest BCUT2D eigenvalue weighted by Gasteiger charge is 2.26. The highest BCUT2D eigenvalue weighted by molar-refractivity contribution is 5.85. The van der Waals surface area contributed by atoms with E-state index in [-0.39, 0.29) is 12.4 Å². The summed E-state index contributed by atoms with van der Waals surface area (Å²) in [5, 5.41) is 12.1. The Morgan fingerprint density at radius 3 is 2.77 bits per heavy atom. The number of nitrogens with two attached hydrogens (primary N) is 1. The van der Waals surface area contributed by atoms with E-state index in [1.165, 1.54) is 6.42 Å². The van der Waals surface area contributed by atoms with E-state index in [1.54, 1.807) is 0 Å². The number of likely N-dealkylation sites (tertiary alicyclic amines) is 1. The number of piperidine rings is 1. The molecule has 0 bridgehead atoms. The second-order valence-corrected chi connectivity index (χ2v) is 5.83. The SMILES string of the molecule is CC1CCN(Cc2nnnn2-c2ccccc2)C(CN)C1.Cl. The number of tetrazole rings is 1. The summed E-state index contributed by atoms with van der Waals surface area (Å²) in [5.41, 5.74) is 6.93. The van der Waals surface area contributed by atoms with Gasteiger partial charge in [-0.15, -0.1) is 17.5 Å². The minimum Gasteiger partial charge on any atom is -0.329 e. The molecule has 1 aliphatic rings. The quantitative estimate of drug-likeness (QED) is 0.926. The highest BCUT2D eigenvalue weighted by Crippen LogP contribution is 2.23. The molecule has 2 N–H and O–H groups in total. The molecule has 0 saturated carbocycles. The number of halogens is 1. The zero-order chi connectivity index (χ0) is 14.7. The summed E-state index contributed by atoms with van der Waals surface area (Å²) < 4.78 is 1.81. The Kier molecular flexibility index (Phi) is 5.88. The first kappa shape index (κ1) is 16.9. The lowest BCUT2D eigenvalue weighted by atomic mass is 9.92. The Balaban J connectivity index is 0.00000176. The third kappa shape index (κ3) is 3.63. The first-order valence-corrected chi connectivity index (χ1v) is 7.54. The van der Waals surface area contributed by atoms with Crippen molar-refractivity contribution in [2.45, 2.75) is 32.4 Å². The lowest BCUT2D eigenvalue weighted by molar-refractivity contribution is 0.111. The number of hydrogen-bond acceptors (Lipinski definition) is 5. The van der Waals surface area contributed by atoms with Crippen molar-refractivity contribution in [3.05, 3.63) is 36.2 Å². The van der Waals surface area contributed by atoms with E-state index in [1.807, 2.05) is 35.0 Å². The van der Waals surface area contributed by atoms with Crippen molar-refractivity contribution in [2.24, 2.45) is 11.7 Å². The minimum absolute atomic E-state index is 0. The van der Waals surface area contributed by atoms with E-state index in [9.17, 15) is 0 Å². The van der Waals surface area contributed by atoms with E-state index < -0.39 is 0 Å². The average molecular weight is 323 g/mol. The monoisotopic (exact) mass is 322 g/mol. The van der Waals surface area contributed by atoms with Crippen molar-refractivity contribution < 1.29 is 0 Å². The standard InChI is InChI=1S/C15H22N6.ClH/c1-12-7-8-20(14(9-12)10-16)11-15-17-18-19-21(15)13-5-3-2-4-6-13;/h2-6,12,14H,7-11,16H2,1H3;1H. The third-order valence-corrected chi connectivity index (χ3v) is 4.25. The van der Waals surface area contributed by atoms with Crippen LogP contribution in [0, 0.1) is 5.92 Å².